The summed E-state index contributed by atoms with van der Waals surface area (Å²) < 4.78 is 7.57. The van der Waals surface area contributed by atoms with Crippen molar-refractivity contribution >= 4 is 30.2 Å². The topological polar surface area (TPSA) is 84.7 Å². The van der Waals surface area contributed by atoms with E-state index in [2.05, 4.69) is 76.4 Å². The molecule has 0 spiro atoms. The van der Waals surface area contributed by atoms with Gasteiger partial charge < -0.3 is 28.7 Å². The lowest BCUT2D eigenvalue weighted by Gasteiger charge is -2.37. The summed E-state index contributed by atoms with van der Waals surface area (Å²) in [6, 6.07) is 6.57. The molecule has 8 nitrogen and oxygen atoms in total. The molecule has 1 aliphatic rings. The van der Waals surface area contributed by atoms with Crippen molar-refractivity contribution in [3.05, 3.63) is 29.6 Å². The minimum atomic E-state index is -0.365. The number of imidazole rings is 1. The lowest BCUT2D eigenvalue weighted by molar-refractivity contribution is -0.106. The summed E-state index contributed by atoms with van der Waals surface area (Å²) in [5.41, 5.74) is 3.55. The Kier molecular flexibility index (Phi) is 16.7. The number of amides is 1. The van der Waals surface area contributed by atoms with Crippen molar-refractivity contribution in [3.63, 3.8) is 0 Å². The average Bonchev–Trinajstić information content (AvgIpc) is 3.05. The van der Waals surface area contributed by atoms with Gasteiger partial charge in [-0.05, 0) is 77.7 Å². The molecule has 3 rings (SSSR count). The Hall–Kier alpha value is -2.74. The second-order valence-corrected chi connectivity index (χ2v) is 11.9. The molecule has 218 valence electrons. The lowest BCUT2D eigenvalue weighted by Crippen LogP contribution is -2.50. The number of hydrogen-bond donors (Lipinski definition) is 0. The summed E-state index contributed by atoms with van der Waals surface area (Å²) in [5.74, 6) is 1.84. The van der Waals surface area contributed by atoms with E-state index in [-0.39, 0.29) is 24.5 Å². The van der Waals surface area contributed by atoms with Crippen LogP contribution in [0.5, 0.6) is 0 Å². The Balaban J connectivity index is 0. The second kappa shape index (κ2) is 17.0. The van der Waals surface area contributed by atoms with Crippen molar-refractivity contribution in [2.45, 2.75) is 88.3 Å². The molecular weight excluding hydrogens is 480 g/mol. The Morgan fingerprint density at radius 1 is 1.16 bits per heavy atom. The van der Waals surface area contributed by atoms with Crippen LogP contribution in [0.3, 0.4) is 0 Å². The highest BCUT2D eigenvalue weighted by atomic mass is 16.6. The van der Waals surface area contributed by atoms with E-state index in [4.69, 9.17) is 19.3 Å². The number of aldehydes is 1. The summed E-state index contributed by atoms with van der Waals surface area (Å²) in [7, 11) is 4.24. The Bertz CT molecular complexity index is 965. The molecule has 1 aromatic carbocycles. The van der Waals surface area contributed by atoms with Crippen LogP contribution in [0.2, 0.25) is 0 Å². The van der Waals surface area contributed by atoms with Crippen LogP contribution < -0.4 is 0 Å². The summed E-state index contributed by atoms with van der Waals surface area (Å²) in [5, 5.41) is 0. The molecule has 0 bridgehead atoms. The van der Waals surface area contributed by atoms with Gasteiger partial charge in [-0.1, -0.05) is 41.2 Å². The number of aryl methyl sites for hydroxylation is 1. The third-order valence-corrected chi connectivity index (χ3v) is 5.16. The second-order valence-electron chi connectivity index (χ2n) is 11.9. The van der Waals surface area contributed by atoms with E-state index in [1.807, 2.05) is 27.6 Å². The van der Waals surface area contributed by atoms with Gasteiger partial charge in [0.05, 0.1) is 11.0 Å². The minimum absolute atomic E-state index is 0. The Labute approximate surface area is 231 Å². The maximum Gasteiger partial charge on any atom is 0.410 e. The fraction of sp³-hybridized carbons (Fsp3) is 0.667. The molecular formula is C30H54N4O4. The highest BCUT2D eigenvalue weighted by molar-refractivity contribution is 5.77. The normalized spacial score (nSPS) is 13.0. The number of carbonyl (C=O) groups is 3. The molecule has 38 heavy (non-hydrogen) atoms. The number of nitrogens with zero attached hydrogens (tertiary/aromatic N) is 4. The van der Waals surface area contributed by atoms with Crippen LogP contribution in [0.25, 0.3) is 11.0 Å². The van der Waals surface area contributed by atoms with Gasteiger partial charge >= 0.3 is 6.09 Å². The number of fused-ring (bicyclic) bond motifs is 1. The van der Waals surface area contributed by atoms with Crippen molar-refractivity contribution in [1.82, 2.24) is 19.4 Å². The minimum Gasteiger partial charge on any atom is -0.444 e. The van der Waals surface area contributed by atoms with Gasteiger partial charge in [0.1, 0.15) is 24.5 Å². The first-order chi connectivity index (χ1) is 17.1. The van der Waals surface area contributed by atoms with Gasteiger partial charge in [-0.25, -0.2) is 9.78 Å². The van der Waals surface area contributed by atoms with Crippen LogP contribution in [-0.2, 0) is 27.3 Å². The molecule has 1 aliphatic heterocycles. The first-order valence-corrected chi connectivity index (χ1v) is 12.8. The first kappa shape index (κ1) is 37.4. The predicted octanol–water partition coefficient (Wildman–Crippen LogP) is 6.02. The van der Waals surface area contributed by atoms with Gasteiger partial charge in [-0.3, -0.25) is 0 Å². The maximum absolute atomic E-state index is 11.3. The molecule has 0 aliphatic carbocycles. The van der Waals surface area contributed by atoms with Crippen LogP contribution in [-0.4, -0.2) is 77.9 Å². The number of likely N-dealkylation sites (N-methyl/N-ethyl adjacent to an activating group) is 1. The van der Waals surface area contributed by atoms with Crippen molar-refractivity contribution in [2.75, 3.05) is 33.7 Å². The standard InChI is InChI=1S/C17H27N3.C9H17NO2.C2H4O.CH2O.CH4/c1-13-7-8-15-14(11-13)18-16(12-17(2,3)4)20(15)10-9-19(5)6;1-7-5-10(6-7)8(11)12-9(2,3)4;1-2-3;1-2;/h7-8,11H,9-10,12H2,1-6H3;7H,5-6H2,1-4H3;2H,1H3;1H2;1H4. The van der Waals surface area contributed by atoms with Gasteiger partial charge in [0.2, 0.25) is 0 Å². The van der Waals surface area contributed by atoms with Crippen LogP contribution >= 0.6 is 0 Å². The van der Waals surface area contributed by atoms with Gasteiger partial charge in [0, 0.05) is 32.6 Å². The van der Waals surface area contributed by atoms with Crippen molar-refractivity contribution in [2.24, 2.45) is 11.3 Å². The van der Waals surface area contributed by atoms with E-state index in [0.717, 1.165) is 44.4 Å². The monoisotopic (exact) mass is 534 g/mol. The van der Waals surface area contributed by atoms with E-state index in [1.54, 1.807) is 4.90 Å². The number of hydrogen-bond acceptors (Lipinski definition) is 6. The zero-order chi connectivity index (χ0) is 29.0. The van der Waals surface area contributed by atoms with Gasteiger partial charge in [-0.2, -0.15) is 0 Å². The molecule has 1 fully saturated rings. The third-order valence-electron chi connectivity index (χ3n) is 5.16. The van der Waals surface area contributed by atoms with E-state index >= 15 is 0 Å². The van der Waals surface area contributed by atoms with Gasteiger partial charge in [0.15, 0.2) is 0 Å². The maximum atomic E-state index is 11.3. The quantitative estimate of drug-likeness (QED) is 0.446. The summed E-state index contributed by atoms with van der Waals surface area (Å²) in [6.07, 6.45) is 1.58. The smallest absolute Gasteiger partial charge is 0.410 e. The number of rotatable bonds is 4. The summed E-state index contributed by atoms with van der Waals surface area (Å²) >= 11 is 0. The molecule has 0 saturated carbocycles. The number of aromatic nitrogens is 2. The van der Waals surface area contributed by atoms with Crippen molar-refractivity contribution < 1.29 is 19.1 Å². The summed E-state index contributed by atoms with van der Waals surface area (Å²) in [6.45, 7) is 23.9. The molecule has 1 aromatic heterocycles. The average molecular weight is 535 g/mol. The molecule has 2 aromatic rings. The predicted molar refractivity (Wildman–Crippen MR) is 159 cm³/mol. The molecule has 0 radical (unpaired) electrons. The molecule has 1 amide bonds. The summed E-state index contributed by atoms with van der Waals surface area (Å²) in [4.78, 5) is 36.9. The lowest BCUT2D eigenvalue weighted by atomic mass is 9.92. The largest absolute Gasteiger partial charge is 0.444 e. The fourth-order valence-electron chi connectivity index (χ4n) is 3.62. The highest BCUT2D eigenvalue weighted by Crippen LogP contribution is 2.24. The molecule has 1 saturated heterocycles. The van der Waals surface area contributed by atoms with E-state index in [0.29, 0.717) is 5.92 Å². The van der Waals surface area contributed by atoms with Crippen LogP contribution in [0.1, 0.15) is 74.2 Å². The zero-order valence-corrected chi connectivity index (χ0v) is 25.1. The number of benzene rings is 1. The van der Waals surface area contributed by atoms with Crippen LogP contribution in [0.15, 0.2) is 18.2 Å². The van der Waals surface area contributed by atoms with Crippen LogP contribution in [0.4, 0.5) is 4.79 Å². The molecule has 0 unspecified atom stereocenters. The number of carbonyl (C=O) groups excluding carboxylic acids is 3. The van der Waals surface area contributed by atoms with E-state index in [1.165, 1.54) is 23.8 Å². The van der Waals surface area contributed by atoms with Crippen molar-refractivity contribution in [1.29, 1.82) is 0 Å². The van der Waals surface area contributed by atoms with Crippen LogP contribution in [0, 0.1) is 18.3 Å². The highest BCUT2D eigenvalue weighted by Gasteiger charge is 2.30. The SMILES string of the molecule is C.C=O.CC1CN(C(=O)OC(C)(C)C)C1.CC=O.Cc1ccc2c(c1)nc(CC(C)(C)C)n2CCN(C)C. The molecule has 8 heteroatoms. The molecule has 2 heterocycles. The van der Waals surface area contributed by atoms with E-state index < -0.39 is 0 Å². The number of ether oxygens (including phenoxy) is 1. The van der Waals surface area contributed by atoms with Crippen molar-refractivity contribution in [3.8, 4) is 0 Å². The van der Waals surface area contributed by atoms with Gasteiger partial charge in [0.25, 0.3) is 0 Å². The number of likely N-dealkylation sites (tertiary alicyclic amines) is 1. The van der Waals surface area contributed by atoms with Gasteiger partial charge in [-0.15, -0.1) is 0 Å². The van der Waals surface area contributed by atoms with E-state index in [9.17, 15) is 4.79 Å². The fourth-order valence-corrected chi connectivity index (χ4v) is 3.62. The third kappa shape index (κ3) is 14.3. The zero-order valence-electron chi connectivity index (χ0n) is 25.1. The molecule has 0 atom stereocenters. The Morgan fingerprint density at radius 2 is 1.68 bits per heavy atom. The molecule has 0 N–H and O–H groups in total. The Morgan fingerprint density at radius 3 is 2.11 bits per heavy atom. The first-order valence-electron chi connectivity index (χ1n) is 12.8.